The predicted octanol–water partition coefficient (Wildman–Crippen LogP) is 4.54. The molecule has 1 heterocycles. The summed E-state index contributed by atoms with van der Waals surface area (Å²) in [6.07, 6.45) is -9.81. The van der Waals surface area contributed by atoms with Gasteiger partial charge in [0.25, 0.3) is 15.8 Å². The average Bonchev–Trinajstić information content (AvgIpc) is 2.97. The third-order valence-electron chi connectivity index (χ3n) is 4.61. The minimum absolute atomic E-state index is 0.193. The normalized spacial score (nSPS) is 19.6. The third-order valence-corrected chi connectivity index (χ3v) is 6.12. The number of alkyl halides is 8. The van der Waals surface area contributed by atoms with Crippen LogP contribution in [0.25, 0.3) is 5.69 Å². The van der Waals surface area contributed by atoms with Crippen LogP contribution in [0.15, 0.2) is 29.3 Å². The number of halogens is 9. The fraction of sp³-hybridized carbons (Fsp3) is 0.375. The molecule has 0 saturated heterocycles. The quantitative estimate of drug-likeness (QED) is 0.660. The minimum atomic E-state index is -6.25. The van der Waals surface area contributed by atoms with Crippen molar-refractivity contribution in [2.45, 2.75) is 41.4 Å². The van der Waals surface area contributed by atoms with Gasteiger partial charge in [0.05, 0.1) is 5.56 Å². The number of aliphatic hydroxyl groups is 1. The van der Waals surface area contributed by atoms with E-state index in [1.54, 1.807) is 0 Å². The van der Waals surface area contributed by atoms with Crippen LogP contribution < -0.4 is 0 Å². The molecule has 0 fully saturated rings. The van der Waals surface area contributed by atoms with Crippen LogP contribution in [0.2, 0.25) is 0 Å². The Morgan fingerprint density at radius 2 is 1.70 bits per heavy atom. The average molecular weight is 467 g/mol. The molecule has 1 aromatic heterocycles. The molecule has 0 radical (unpaired) electrons. The maximum absolute atomic E-state index is 13.9. The van der Waals surface area contributed by atoms with Gasteiger partial charge >= 0.3 is 11.7 Å². The number of hydrogen-bond acceptors (Lipinski definition) is 3. The van der Waals surface area contributed by atoms with Crippen molar-refractivity contribution in [3.63, 3.8) is 0 Å². The van der Waals surface area contributed by atoms with Gasteiger partial charge < -0.3 is 9.67 Å². The second kappa shape index (κ2) is 6.64. The van der Waals surface area contributed by atoms with Crippen LogP contribution in [-0.4, -0.2) is 29.5 Å². The highest BCUT2D eigenvalue weighted by atomic mass is 32.2. The van der Waals surface area contributed by atoms with Crippen LogP contribution in [-0.2, 0) is 22.4 Å². The van der Waals surface area contributed by atoms with Gasteiger partial charge in [-0.25, -0.2) is 21.6 Å². The molecule has 1 unspecified atom stereocenters. The van der Waals surface area contributed by atoms with E-state index >= 15 is 0 Å². The summed E-state index contributed by atoms with van der Waals surface area (Å²) in [5.41, 5.74) is -10.2. The van der Waals surface area contributed by atoms with E-state index < -0.39 is 79.6 Å². The zero-order valence-electron chi connectivity index (χ0n) is 14.3. The number of nitrogens with zero attached hydrogens (tertiary/aromatic N) is 1. The molecule has 1 aliphatic rings. The molecule has 4 nitrogen and oxygen atoms in total. The smallest absolute Gasteiger partial charge is 0.382 e. The molecule has 2 aromatic rings. The first-order valence-corrected chi connectivity index (χ1v) is 9.45. The highest BCUT2D eigenvalue weighted by Gasteiger charge is 2.54. The summed E-state index contributed by atoms with van der Waals surface area (Å²) in [6.45, 7) is 0. The zero-order chi connectivity index (χ0) is 22.9. The second-order valence-corrected chi connectivity index (χ2v) is 8.41. The number of hydrogen-bond donors (Lipinski definition) is 1. The lowest BCUT2D eigenvalue weighted by Gasteiger charge is -2.29. The van der Waals surface area contributed by atoms with Gasteiger partial charge in [0.1, 0.15) is 16.8 Å². The van der Waals surface area contributed by atoms with Crippen molar-refractivity contribution in [2.24, 2.45) is 0 Å². The molecule has 1 atom stereocenters. The Balaban J connectivity index is 2.34. The molecule has 0 spiro atoms. The summed E-state index contributed by atoms with van der Waals surface area (Å²) in [6, 6.07) is 1.24. The monoisotopic (exact) mass is 467 g/mol. The summed E-state index contributed by atoms with van der Waals surface area (Å²) >= 11 is 0. The first-order chi connectivity index (χ1) is 13.5. The highest BCUT2D eigenvalue weighted by molar-refractivity contribution is 7.92. The SMILES string of the molecule is O=S(=O)(c1cn(-c2ccc(F)c(C(F)(F)F)c2)c2c1C(O)C(F)(F)CC2)C(F)(F)F. The lowest BCUT2D eigenvalue weighted by atomic mass is 9.91. The van der Waals surface area contributed by atoms with Gasteiger partial charge in [0, 0.05) is 29.6 Å². The fourth-order valence-corrected chi connectivity index (χ4v) is 4.18. The van der Waals surface area contributed by atoms with Crippen molar-refractivity contribution in [3.8, 4) is 5.69 Å². The molecule has 0 aliphatic heterocycles. The summed E-state index contributed by atoms with van der Waals surface area (Å²) in [7, 11) is -6.25. The molecule has 14 heteroatoms. The van der Waals surface area contributed by atoms with Crippen molar-refractivity contribution in [1.29, 1.82) is 0 Å². The maximum atomic E-state index is 13.9. The van der Waals surface area contributed by atoms with E-state index in [0.717, 1.165) is 0 Å². The molecule has 0 bridgehead atoms. The van der Waals surface area contributed by atoms with Crippen molar-refractivity contribution in [2.75, 3.05) is 0 Å². The second-order valence-electron chi connectivity index (χ2n) is 6.50. The van der Waals surface area contributed by atoms with Gasteiger partial charge in [-0.05, 0) is 24.6 Å². The molecule has 1 N–H and O–H groups in total. The van der Waals surface area contributed by atoms with E-state index in [9.17, 15) is 53.0 Å². The summed E-state index contributed by atoms with van der Waals surface area (Å²) in [4.78, 5) is -1.71. The molecule has 0 saturated carbocycles. The molecular formula is C16H10F9NO3S. The van der Waals surface area contributed by atoms with Gasteiger partial charge in [-0.2, -0.15) is 26.3 Å². The summed E-state index contributed by atoms with van der Waals surface area (Å²) < 4.78 is 144. The molecule has 166 valence electrons. The largest absolute Gasteiger partial charge is 0.501 e. The van der Waals surface area contributed by atoms with Crippen LogP contribution in [0.5, 0.6) is 0 Å². The van der Waals surface area contributed by atoms with Crippen molar-refractivity contribution >= 4 is 9.84 Å². The Morgan fingerprint density at radius 3 is 2.23 bits per heavy atom. The Morgan fingerprint density at radius 1 is 1.10 bits per heavy atom. The van der Waals surface area contributed by atoms with Gasteiger partial charge in [-0.1, -0.05) is 0 Å². The Bertz CT molecular complexity index is 1100. The molecule has 0 amide bonds. The predicted molar refractivity (Wildman–Crippen MR) is 82.2 cm³/mol. The lowest BCUT2D eigenvalue weighted by Crippen LogP contribution is -2.34. The van der Waals surface area contributed by atoms with Gasteiger partial charge in [0.2, 0.25) is 0 Å². The highest BCUT2D eigenvalue weighted by Crippen LogP contribution is 2.47. The molecular weight excluding hydrogens is 457 g/mol. The number of sulfone groups is 1. The van der Waals surface area contributed by atoms with Crippen LogP contribution in [0.1, 0.15) is 29.3 Å². The molecule has 1 aliphatic carbocycles. The lowest BCUT2D eigenvalue weighted by molar-refractivity contribution is -0.140. The number of aliphatic hydroxyl groups excluding tert-OH is 1. The van der Waals surface area contributed by atoms with Gasteiger partial charge in [-0.15, -0.1) is 0 Å². The van der Waals surface area contributed by atoms with E-state index in [2.05, 4.69) is 0 Å². The maximum Gasteiger partial charge on any atom is 0.501 e. The fourth-order valence-electron chi connectivity index (χ4n) is 3.17. The number of fused-ring (bicyclic) bond motifs is 1. The minimum Gasteiger partial charge on any atom is -0.382 e. The van der Waals surface area contributed by atoms with E-state index in [1.807, 2.05) is 0 Å². The molecule has 30 heavy (non-hydrogen) atoms. The van der Waals surface area contributed by atoms with Crippen LogP contribution in [0.4, 0.5) is 39.5 Å². The first-order valence-electron chi connectivity index (χ1n) is 7.97. The van der Waals surface area contributed by atoms with E-state index in [4.69, 9.17) is 0 Å². The van der Waals surface area contributed by atoms with Crippen molar-refractivity contribution in [3.05, 3.63) is 47.0 Å². The number of benzene rings is 1. The molecule has 3 rings (SSSR count). The standard InChI is InChI=1S/C16H10F9NO3S/c17-9-2-1-7(5-8(9)15(20,21)22)26-6-11(30(28,29)16(23,24)25)12-10(26)3-4-14(18,19)13(12)27/h1-2,5-6,13,27H,3-4H2. The number of aromatic nitrogens is 1. The van der Waals surface area contributed by atoms with Crippen LogP contribution in [0.3, 0.4) is 0 Å². The zero-order valence-corrected chi connectivity index (χ0v) is 15.1. The topological polar surface area (TPSA) is 59.3 Å². The summed E-state index contributed by atoms with van der Waals surface area (Å²) in [5.74, 6) is -5.68. The van der Waals surface area contributed by atoms with Crippen molar-refractivity contribution < 1.29 is 53.0 Å². The van der Waals surface area contributed by atoms with Crippen LogP contribution in [0, 0.1) is 5.82 Å². The summed E-state index contributed by atoms with van der Waals surface area (Å²) in [5, 5.41) is 9.85. The number of rotatable bonds is 2. The first kappa shape index (κ1) is 22.5. The van der Waals surface area contributed by atoms with E-state index in [-0.39, 0.29) is 12.3 Å². The van der Waals surface area contributed by atoms with Crippen LogP contribution >= 0.6 is 0 Å². The van der Waals surface area contributed by atoms with E-state index in [0.29, 0.717) is 16.7 Å². The third kappa shape index (κ3) is 3.45. The Hall–Kier alpha value is -2.22. The Labute approximate surface area is 162 Å². The van der Waals surface area contributed by atoms with Gasteiger partial charge in [-0.3, -0.25) is 0 Å². The Kier molecular flexibility index (Phi) is 4.97. The van der Waals surface area contributed by atoms with Crippen molar-refractivity contribution in [1.82, 2.24) is 4.57 Å². The van der Waals surface area contributed by atoms with E-state index in [1.165, 1.54) is 0 Å². The molecule has 1 aromatic carbocycles. The van der Waals surface area contributed by atoms with Gasteiger partial charge in [0.15, 0.2) is 0 Å².